The molecular weight excluding hydrogens is 378 g/mol. The van der Waals surface area contributed by atoms with Crippen molar-refractivity contribution in [3.05, 3.63) is 59.0 Å². The van der Waals surface area contributed by atoms with Crippen LogP contribution in [-0.4, -0.2) is 16.6 Å². The average Bonchev–Trinajstić information content (AvgIpc) is 3.21. The van der Waals surface area contributed by atoms with Gasteiger partial charge in [0.15, 0.2) is 0 Å². The topological polar surface area (TPSA) is 116 Å². The minimum atomic E-state index is -0.225. The lowest BCUT2D eigenvalue weighted by Gasteiger charge is -2.11. The van der Waals surface area contributed by atoms with E-state index in [9.17, 15) is 15.3 Å². The van der Waals surface area contributed by atoms with Gasteiger partial charge >= 0.3 is 0 Å². The Hall–Kier alpha value is -3.33. The summed E-state index contributed by atoms with van der Waals surface area (Å²) in [6.45, 7) is 0. The van der Waals surface area contributed by atoms with Crippen molar-refractivity contribution >= 4 is 40.5 Å². The Balaban J connectivity index is 1.89. The van der Waals surface area contributed by atoms with Crippen molar-refractivity contribution in [1.29, 1.82) is 10.5 Å². The number of hydrogen-bond acceptors (Lipinski definition) is 7. The molecule has 0 radical (unpaired) electrons. The van der Waals surface area contributed by atoms with E-state index < -0.39 is 0 Å². The second-order valence-electron chi connectivity index (χ2n) is 5.33. The summed E-state index contributed by atoms with van der Waals surface area (Å²) >= 11 is 2.52. The highest BCUT2D eigenvalue weighted by atomic mass is 32.2. The Morgan fingerprint density at radius 3 is 2.52 bits per heavy atom. The number of benzene rings is 1. The number of nitrogens with one attached hydrogen (secondary N) is 1. The molecule has 0 atom stereocenters. The van der Waals surface area contributed by atoms with Crippen molar-refractivity contribution < 1.29 is 4.79 Å². The molecule has 1 amide bonds. The normalized spacial score (nSPS) is 10.0. The fourth-order valence-electron chi connectivity index (χ4n) is 2.42. The molecule has 6 nitrogen and oxygen atoms in total. The van der Waals surface area contributed by atoms with Gasteiger partial charge in [-0.2, -0.15) is 10.5 Å². The van der Waals surface area contributed by atoms with Crippen LogP contribution in [0.15, 0.2) is 52.9 Å². The zero-order valence-corrected chi connectivity index (χ0v) is 15.6. The van der Waals surface area contributed by atoms with Gasteiger partial charge in [-0.3, -0.25) is 4.79 Å². The highest BCUT2D eigenvalue weighted by Gasteiger charge is 2.21. The lowest BCUT2D eigenvalue weighted by Crippen LogP contribution is -2.14. The molecule has 0 aliphatic rings. The van der Waals surface area contributed by atoms with Gasteiger partial charge in [0, 0.05) is 16.1 Å². The third kappa shape index (κ3) is 4.09. The summed E-state index contributed by atoms with van der Waals surface area (Å²) in [5, 5.41) is 24.1. The molecule has 8 heteroatoms. The first-order chi connectivity index (χ1) is 13.1. The van der Waals surface area contributed by atoms with E-state index in [0.29, 0.717) is 16.3 Å². The molecule has 3 aromatic rings. The number of anilines is 2. The first-order valence-electron chi connectivity index (χ1n) is 7.79. The van der Waals surface area contributed by atoms with Gasteiger partial charge in [0.2, 0.25) is 5.91 Å². The smallest absolute Gasteiger partial charge is 0.234 e. The number of pyridine rings is 1. The number of carbonyl (C=O) groups is 1. The molecule has 2 heterocycles. The molecule has 0 saturated heterocycles. The van der Waals surface area contributed by atoms with Crippen LogP contribution in [-0.2, 0) is 4.79 Å². The monoisotopic (exact) mass is 391 g/mol. The molecule has 0 bridgehead atoms. The number of hydrogen-bond donors (Lipinski definition) is 2. The molecule has 3 rings (SSSR count). The number of amides is 1. The van der Waals surface area contributed by atoms with Crippen molar-refractivity contribution in [2.75, 3.05) is 16.8 Å². The molecule has 27 heavy (non-hydrogen) atoms. The Labute approximate surface area is 164 Å². The number of nitrogen functional groups attached to an aromatic ring is 1. The molecule has 0 fully saturated rings. The standard InChI is InChI=1S/C19H13N5OS2/c20-9-13-17(15-7-4-8-26-15)14(10-21)19(24-18(13)22)27-11-16(25)23-12-5-2-1-3-6-12/h1-8H,11H2,(H2,22,24)(H,23,25). The van der Waals surface area contributed by atoms with Crippen molar-refractivity contribution in [3.8, 4) is 22.6 Å². The first-order valence-corrected chi connectivity index (χ1v) is 9.65. The van der Waals surface area contributed by atoms with Gasteiger partial charge in [-0.25, -0.2) is 4.98 Å². The molecular formula is C19H13N5OS2. The maximum atomic E-state index is 12.2. The predicted octanol–water partition coefficient (Wildman–Crippen LogP) is 3.87. The SMILES string of the molecule is N#Cc1c(N)nc(SCC(=O)Nc2ccccc2)c(C#N)c1-c1cccs1. The van der Waals surface area contributed by atoms with Crippen molar-refractivity contribution in [3.63, 3.8) is 0 Å². The molecule has 0 aliphatic heterocycles. The van der Waals surface area contributed by atoms with Gasteiger partial charge in [-0.05, 0) is 23.6 Å². The zero-order chi connectivity index (χ0) is 19.2. The Morgan fingerprint density at radius 1 is 1.15 bits per heavy atom. The second-order valence-corrected chi connectivity index (χ2v) is 7.24. The summed E-state index contributed by atoms with van der Waals surface area (Å²) in [5.74, 6) is -0.116. The summed E-state index contributed by atoms with van der Waals surface area (Å²) < 4.78 is 0. The van der Waals surface area contributed by atoms with Gasteiger partial charge in [-0.1, -0.05) is 36.0 Å². The fraction of sp³-hybridized carbons (Fsp3) is 0.0526. The molecule has 2 aromatic heterocycles. The number of nitrogens with two attached hydrogens (primary N) is 1. The van der Waals surface area contributed by atoms with E-state index in [-0.39, 0.29) is 28.6 Å². The van der Waals surface area contributed by atoms with E-state index in [0.717, 1.165) is 16.6 Å². The van der Waals surface area contributed by atoms with Crippen molar-refractivity contribution in [1.82, 2.24) is 4.98 Å². The molecule has 132 valence electrons. The number of aromatic nitrogens is 1. The summed E-state index contributed by atoms with van der Waals surface area (Å²) in [7, 11) is 0. The van der Waals surface area contributed by atoms with E-state index >= 15 is 0 Å². The Bertz CT molecular complexity index is 1050. The molecule has 3 N–H and O–H groups in total. The highest BCUT2D eigenvalue weighted by Crippen LogP contribution is 2.37. The van der Waals surface area contributed by atoms with Crippen LogP contribution in [0.3, 0.4) is 0 Å². The van der Waals surface area contributed by atoms with E-state index in [1.807, 2.05) is 41.8 Å². The van der Waals surface area contributed by atoms with E-state index in [1.54, 1.807) is 12.1 Å². The third-order valence-corrected chi connectivity index (χ3v) is 5.44. The lowest BCUT2D eigenvalue weighted by molar-refractivity contribution is -0.113. The molecule has 0 unspecified atom stereocenters. The van der Waals surface area contributed by atoms with Crippen LogP contribution in [0.2, 0.25) is 0 Å². The van der Waals surface area contributed by atoms with Gasteiger partial charge < -0.3 is 11.1 Å². The Kier molecular flexibility index (Phi) is 5.72. The van der Waals surface area contributed by atoms with Crippen LogP contribution in [0.4, 0.5) is 11.5 Å². The molecule has 0 aliphatic carbocycles. The van der Waals surface area contributed by atoms with Crippen LogP contribution in [0.5, 0.6) is 0 Å². The zero-order valence-electron chi connectivity index (χ0n) is 14.0. The lowest BCUT2D eigenvalue weighted by atomic mass is 10.0. The summed E-state index contributed by atoms with van der Waals surface area (Å²) in [6, 6.07) is 16.9. The van der Waals surface area contributed by atoms with Gasteiger partial charge in [0.1, 0.15) is 28.5 Å². The van der Waals surface area contributed by atoms with Crippen molar-refractivity contribution in [2.24, 2.45) is 0 Å². The van der Waals surface area contributed by atoms with Crippen LogP contribution in [0.1, 0.15) is 11.1 Å². The number of nitrogens with zero attached hydrogens (tertiary/aromatic N) is 3. The first kappa shape index (κ1) is 18.5. The van der Waals surface area contributed by atoms with E-state index in [1.165, 1.54) is 11.3 Å². The molecule has 0 spiro atoms. The van der Waals surface area contributed by atoms with E-state index in [4.69, 9.17) is 5.73 Å². The average molecular weight is 391 g/mol. The second kappa shape index (κ2) is 8.37. The summed E-state index contributed by atoms with van der Waals surface area (Å²) in [4.78, 5) is 17.1. The van der Waals surface area contributed by atoms with E-state index in [2.05, 4.69) is 16.4 Å². The van der Waals surface area contributed by atoms with Crippen LogP contribution >= 0.6 is 23.1 Å². The summed E-state index contributed by atoms with van der Waals surface area (Å²) in [6.07, 6.45) is 0. The maximum absolute atomic E-state index is 12.2. The van der Waals surface area contributed by atoms with Gasteiger partial charge in [0.05, 0.1) is 11.3 Å². The number of carbonyl (C=O) groups excluding carboxylic acids is 1. The Morgan fingerprint density at radius 2 is 1.89 bits per heavy atom. The number of nitriles is 2. The van der Waals surface area contributed by atoms with Crippen LogP contribution < -0.4 is 11.1 Å². The number of rotatable bonds is 5. The minimum Gasteiger partial charge on any atom is -0.383 e. The largest absolute Gasteiger partial charge is 0.383 e. The highest BCUT2D eigenvalue weighted by molar-refractivity contribution is 8.00. The molecule has 1 aromatic carbocycles. The van der Waals surface area contributed by atoms with Crippen LogP contribution in [0.25, 0.3) is 10.4 Å². The quantitative estimate of drug-likeness (QED) is 0.638. The number of thiophene rings is 1. The summed E-state index contributed by atoms with van der Waals surface area (Å²) in [5.41, 5.74) is 7.52. The predicted molar refractivity (Wildman–Crippen MR) is 107 cm³/mol. The minimum absolute atomic E-state index is 0.0471. The van der Waals surface area contributed by atoms with Crippen LogP contribution in [0, 0.1) is 22.7 Å². The maximum Gasteiger partial charge on any atom is 0.234 e. The number of thioether (sulfide) groups is 1. The van der Waals surface area contributed by atoms with Gasteiger partial charge in [-0.15, -0.1) is 11.3 Å². The third-order valence-electron chi connectivity index (χ3n) is 3.58. The van der Waals surface area contributed by atoms with Gasteiger partial charge in [0.25, 0.3) is 0 Å². The number of para-hydroxylation sites is 1. The fourth-order valence-corrected chi connectivity index (χ4v) is 4.00. The van der Waals surface area contributed by atoms with Crippen molar-refractivity contribution in [2.45, 2.75) is 5.03 Å². The molecule has 0 saturated carbocycles.